The van der Waals surface area contributed by atoms with Crippen LogP contribution >= 0.6 is 0 Å². The molecule has 150 valence electrons. The quantitative estimate of drug-likeness (QED) is 0.496. The average Bonchev–Trinajstić information content (AvgIpc) is 3.04. The Kier molecular flexibility index (Phi) is 4.77. The van der Waals surface area contributed by atoms with E-state index in [1.165, 1.54) is 17.8 Å². The van der Waals surface area contributed by atoms with Gasteiger partial charge in [-0.05, 0) is 19.1 Å². The zero-order valence-corrected chi connectivity index (χ0v) is 17.1. The van der Waals surface area contributed by atoms with Crippen LogP contribution in [0.4, 0.5) is 11.5 Å². The molecular weight excluding hydrogens is 368 g/mol. The van der Waals surface area contributed by atoms with Crippen LogP contribution in [0.2, 0.25) is 0 Å². The van der Waals surface area contributed by atoms with Crippen molar-refractivity contribution < 1.29 is 4.92 Å². The maximum atomic E-state index is 10.9. The third-order valence-electron chi connectivity index (χ3n) is 5.31. The van der Waals surface area contributed by atoms with Crippen molar-refractivity contribution in [1.29, 1.82) is 0 Å². The van der Waals surface area contributed by atoms with Gasteiger partial charge in [0.1, 0.15) is 11.6 Å². The van der Waals surface area contributed by atoms with E-state index in [0.717, 1.165) is 41.6 Å². The Labute approximate surface area is 169 Å². The monoisotopic (exact) mass is 392 g/mol. The first-order chi connectivity index (χ1) is 13.8. The fourth-order valence-corrected chi connectivity index (χ4v) is 3.84. The Morgan fingerprint density at radius 3 is 2.52 bits per heavy atom. The van der Waals surface area contributed by atoms with Gasteiger partial charge in [-0.15, -0.1) is 0 Å². The molecule has 0 saturated carbocycles. The van der Waals surface area contributed by atoms with Crippen molar-refractivity contribution in [2.75, 3.05) is 11.4 Å². The second-order valence-corrected chi connectivity index (χ2v) is 7.74. The van der Waals surface area contributed by atoms with E-state index in [2.05, 4.69) is 35.3 Å². The summed E-state index contributed by atoms with van der Waals surface area (Å²) in [6.07, 6.45) is 0.918. The van der Waals surface area contributed by atoms with Gasteiger partial charge in [0.25, 0.3) is 5.69 Å². The van der Waals surface area contributed by atoms with E-state index >= 15 is 0 Å². The molecule has 8 nitrogen and oxygen atoms in total. The van der Waals surface area contributed by atoms with Gasteiger partial charge in [-0.2, -0.15) is 0 Å². The molecule has 0 saturated heterocycles. The molecule has 1 aliphatic rings. The molecule has 3 aromatic rings. The van der Waals surface area contributed by atoms with Crippen molar-refractivity contribution in [2.24, 2.45) is 7.05 Å². The molecule has 0 aliphatic carbocycles. The zero-order valence-electron chi connectivity index (χ0n) is 17.1. The summed E-state index contributed by atoms with van der Waals surface area (Å²) in [7, 11) is 2.10. The molecule has 4 rings (SSSR count). The van der Waals surface area contributed by atoms with Crippen LogP contribution in [0.5, 0.6) is 0 Å². The van der Waals surface area contributed by atoms with Crippen LogP contribution in [0.15, 0.2) is 30.3 Å². The third kappa shape index (κ3) is 3.57. The van der Waals surface area contributed by atoms with Gasteiger partial charge < -0.3 is 9.47 Å². The first-order valence-electron chi connectivity index (χ1n) is 9.73. The lowest BCUT2D eigenvalue weighted by atomic mass is 10.1. The van der Waals surface area contributed by atoms with Crippen LogP contribution in [-0.4, -0.2) is 31.0 Å². The molecule has 0 radical (unpaired) electrons. The molecule has 0 spiro atoms. The largest absolute Gasteiger partial charge is 0.350 e. The number of nitro groups is 1. The van der Waals surface area contributed by atoms with Crippen LogP contribution in [0.1, 0.15) is 42.7 Å². The number of benzene rings is 1. The molecule has 0 bridgehead atoms. The Morgan fingerprint density at radius 1 is 1.14 bits per heavy atom. The van der Waals surface area contributed by atoms with E-state index in [1.54, 1.807) is 12.1 Å². The van der Waals surface area contributed by atoms with Crippen LogP contribution < -0.4 is 4.90 Å². The highest BCUT2D eigenvalue weighted by Gasteiger charge is 2.25. The number of hydrogen-bond donors (Lipinski definition) is 0. The summed E-state index contributed by atoms with van der Waals surface area (Å²) in [5, 5.41) is 10.9. The van der Waals surface area contributed by atoms with Crippen LogP contribution in [0.25, 0.3) is 11.4 Å². The van der Waals surface area contributed by atoms with Gasteiger partial charge in [-0.1, -0.05) is 13.8 Å². The zero-order chi connectivity index (χ0) is 20.7. The van der Waals surface area contributed by atoms with E-state index in [9.17, 15) is 10.1 Å². The third-order valence-corrected chi connectivity index (χ3v) is 5.31. The number of hydrogen-bond acceptors (Lipinski definition) is 6. The minimum absolute atomic E-state index is 0.0568. The summed E-state index contributed by atoms with van der Waals surface area (Å²) in [6, 6.07) is 8.33. The lowest BCUT2D eigenvalue weighted by Crippen LogP contribution is -2.32. The summed E-state index contributed by atoms with van der Waals surface area (Å²) in [4.78, 5) is 26.9. The second kappa shape index (κ2) is 7.27. The molecule has 0 atom stereocenters. The number of non-ortho nitro benzene ring substituents is 1. The van der Waals surface area contributed by atoms with Crippen molar-refractivity contribution in [3.05, 3.63) is 63.4 Å². The van der Waals surface area contributed by atoms with Crippen molar-refractivity contribution in [3.63, 3.8) is 0 Å². The van der Waals surface area contributed by atoms with Gasteiger partial charge in [0.2, 0.25) is 0 Å². The van der Waals surface area contributed by atoms with Gasteiger partial charge in [0, 0.05) is 61.1 Å². The summed E-state index contributed by atoms with van der Waals surface area (Å²) < 4.78 is 2.23. The predicted molar refractivity (Wildman–Crippen MR) is 111 cm³/mol. The molecule has 2 aromatic heterocycles. The van der Waals surface area contributed by atoms with Crippen LogP contribution in [-0.2, 0) is 20.0 Å². The first kappa shape index (κ1) is 19.0. The average molecular weight is 392 g/mol. The van der Waals surface area contributed by atoms with E-state index in [-0.39, 0.29) is 5.69 Å². The Hall–Kier alpha value is -3.29. The van der Waals surface area contributed by atoms with Crippen molar-refractivity contribution >= 4 is 11.5 Å². The minimum Gasteiger partial charge on any atom is -0.350 e. The van der Waals surface area contributed by atoms with E-state index in [4.69, 9.17) is 9.97 Å². The number of aromatic nitrogens is 4. The highest BCUT2D eigenvalue weighted by Crippen LogP contribution is 2.28. The second-order valence-electron chi connectivity index (χ2n) is 7.74. The molecule has 3 heterocycles. The van der Waals surface area contributed by atoms with Crippen LogP contribution in [0.3, 0.4) is 0 Å². The van der Waals surface area contributed by atoms with Gasteiger partial charge in [-0.25, -0.2) is 15.0 Å². The molecule has 29 heavy (non-hydrogen) atoms. The molecule has 0 fully saturated rings. The highest BCUT2D eigenvalue weighted by molar-refractivity contribution is 5.60. The van der Waals surface area contributed by atoms with Gasteiger partial charge in [0.05, 0.1) is 17.2 Å². The summed E-state index contributed by atoms with van der Waals surface area (Å²) in [6.45, 7) is 7.84. The summed E-state index contributed by atoms with van der Waals surface area (Å²) >= 11 is 0. The fourth-order valence-electron chi connectivity index (χ4n) is 3.84. The van der Waals surface area contributed by atoms with E-state index < -0.39 is 4.92 Å². The topological polar surface area (TPSA) is 90.0 Å². The predicted octanol–water partition coefficient (Wildman–Crippen LogP) is 3.78. The fraction of sp³-hybridized carbons (Fsp3) is 0.381. The maximum absolute atomic E-state index is 10.9. The lowest BCUT2D eigenvalue weighted by molar-refractivity contribution is -0.384. The molecule has 1 aromatic carbocycles. The number of fused-ring (bicyclic) bond motifs is 1. The molecule has 1 aliphatic heterocycles. The van der Waals surface area contributed by atoms with Crippen LogP contribution in [0, 0.1) is 17.0 Å². The smallest absolute Gasteiger partial charge is 0.269 e. The van der Waals surface area contributed by atoms with Crippen molar-refractivity contribution in [2.45, 2.75) is 39.7 Å². The molecule has 0 amide bonds. The number of nitrogens with zero attached hydrogens (tertiary/aromatic N) is 6. The van der Waals surface area contributed by atoms with Crippen molar-refractivity contribution in [3.8, 4) is 11.4 Å². The number of imidazole rings is 1. The first-order valence-corrected chi connectivity index (χ1v) is 9.73. The normalized spacial score (nSPS) is 13.6. The lowest BCUT2D eigenvalue weighted by Gasteiger charge is -2.28. The Balaban J connectivity index is 1.64. The van der Waals surface area contributed by atoms with Gasteiger partial charge in [0.15, 0.2) is 5.82 Å². The van der Waals surface area contributed by atoms with E-state index in [1.807, 2.05) is 13.0 Å². The van der Waals surface area contributed by atoms with Crippen molar-refractivity contribution in [1.82, 2.24) is 19.5 Å². The molecule has 0 N–H and O–H groups in total. The Bertz CT molecular complexity index is 1070. The number of nitro benzene ring substituents is 1. The van der Waals surface area contributed by atoms with Gasteiger partial charge in [-0.3, -0.25) is 10.1 Å². The highest BCUT2D eigenvalue weighted by atomic mass is 16.6. The number of anilines is 1. The SMILES string of the molecule is Cc1cc(N2CCc3c(nc(C(C)C)n3C)C2)nc(-c2ccc([N+](=O)[O-])cc2)n1. The minimum atomic E-state index is -0.407. The molecule has 0 unspecified atom stereocenters. The maximum Gasteiger partial charge on any atom is 0.269 e. The van der Waals surface area contributed by atoms with E-state index in [0.29, 0.717) is 18.3 Å². The number of rotatable bonds is 4. The summed E-state index contributed by atoms with van der Waals surface area (Å²) in [5.41, 5.74) is 4.08. The Morgan fingerprint density at radius 2 is 1.86 bits per heavy atom. The standard InChI is InChI=1S/C21H24N6O2/c1-13(2)21-23-17-12-26(10-9-18(17)25(21)4)19-11-14(3)22-20(24-19)15-5-7-16(8-6-15)27(28)29/h5-8,11,13H,9-10,12H2,1-4H3. The molecule has 8 heteroatoms. The molecular formula is C21H24N6O2. The summed E-state index contributed by atoms with van der Waals surface area (Å²) in [5.74, 6) is 2.93. The number of aryl methyl sites for hydroxylation is 1. The van der Waals surface area contributed by atoms with Gasteiger partial charge >= 0.3 is 0 Å².